The number of unbranched alkanes of at least 4 members (excludes halogenated alkanes) is 3. The Morgan fingerprint density at radius 2 is 1.87 bits per heavy atom. The van der Waals surface area contributed by atoms with E-state index in [0.29, 0.717) is 0 Å². The van der Waals surface area contributed by atoms with Gasteiger partial charge in [-0.2, -0.15) is 0 Å². The van der Waals surface area contributed by atoms with Crippen LogP contribution in [0.5, 0.6) is 0 Å². The molecular weight excluding hydrogens is 188 g/mol. The van der Waals surface area contributed by atoms with Crippen molar-refractivity contribution >= 4 is 5.97 Å². The number of allylic oxidation sites excluding steroid dienone is 3. The molecule has 86 valence electrons. The highest BCUT2D eigenvalue weighted by atomic mass is 16.4. The van der Waals surface area contributed by atoms with Crippen LogP contribution in [0.3, 0.4) is 0 Å². The van der Waals surface area contributed by atoms with Crippen molar-refractivity contribution in [3.8, 4) is 0 Å². The zero-order valence-electron chi connectivity index (χ0n) is 9.83. The van der Waals surface area contributed by atoms with Crippen molar-refractivity contribution in [2.75, 3.05) is 0 Å². The first-order chi connectivity index (χ1) is 7.20. The van der Waals surface area contributed by atoms with Gasteiger partial charge in [0.05, 0.1) is 0 Å². The molecule has 0 fully saturated rings. The van der Waals surface area contributed by atoms with Crippen LogP contribution in [0.25, 0.3) is 0 Å². The van der Waals surface area contributed by atoms with Crippen molar-refractivity contribution in [3.05, 3.63) is 23.8 Å². The average Bonchev–Trinajstić information content (AvgIpc) is 2.20. The van der Waals surface area contributed by atoms with Crippen LogP contribution in [0, 0.1) is 0 Å². The molecule has 0 aromatic rings. The van der Waals surface area contributed by atoms with E-state index in [1.165, 1.54) is 25.3 Å². The molecule has 0 amide bonds. The average molecular weight is 210 g/mol. The Kier molecular flexibility index (Phi) is 8.84. The van der Waals surface area contributed by atoms with Crippen LogP contribution in [-0.2, 0) is 4.79 Å². The number of carboxylic acid groups (broad SMARTS) is 1. The third kappa shape index (κ3) is 9.26. The molecule has 0 aliphatic rings. The third-order valence-corrected chi connectivity index (χ3v) is 2.19. The molecule has 0 unspecified atom stereocenters. The molecular formula is C13H22O2. The molecule has 2 nitrogen and oxygen atoms in total. The predicted octanol–water partition coefficient (Wildman–Crippen LogP) is 3.93. The summed E-state index contributed by atoms with van der Waals surface area (Å²) in [5.74, 6) is -0.870. The van der Waals surface area contributed by atoms with Crippen LogP contribution in [-0.4, -0.2) is 11.1 Å². The Morgan fingerprint density at radius 3 is 2.40 bits per heavy atom. The van der Waals surface area contributed by atoms with Gasteiger partial charge < -0.3 is 5.11 Å². The highest BCUT2D eigenvalue weighted by Crippen LogP contribution is 2.10. The fraction of sp³-hybridized carbons (Fsp3) is 0.615. The van der Waals surface area contributed by atoms with E-state index in [0.717, 1.165) is 24.8 Å². The van der Waals surface area contributed by atoms with Gasteiger partial charge in [-0.1, -0.05) is 50.8 Å². The molecule has 2 heteroatoms. The Labute approximate surface area is 92.7 Å². The lowest BCUT2D eigenvalue weighted by Gasteiger charge is -1.99. The van der Waals surface area contributed by atoms with Crippen LogP contribution >= 0.6 is 0 Å². The highest BCUT2D eigenvalue weighted by Gasteiger charge is 1.93. The zero-order valence-corrected chi connectivity index (χ0v) is 9.83. The quantitative estimate of drug-likeness (QED) is 0.374. The second-order valence-electron chi connectivity index (χ2n) is 3.70. The molecule has 0 aliphatic carbocycles. The molecule has 0 spiro atoms. The highest BCUT2D eigenvalue weighted by molar-refractivity contribution is 5.80. The number of aliphatic carboxylic acids is 1. The van der Waals surface area contributed by atoms with E-state index in [4.69, 9.17) is 5.11 Å². The molecule has 15 heavy (non-hydrogen) atoms. The first kappa shape index (κ1) is 13.9. The van der Waals surface area contributed by atoms with E-state index in [2.05, 4.69) is 19.9 Å². The number of hydrogen-bond donors (Lipinski definition) is 1. The SMILES string of the molecule is CCCCCC=C(C=CC(=O)O)CCC. The molecule has 0 rings (SSSR count). The molecule has 1 N–H and O–H groups in total. The topological polar surface area (TPSA) is 37.3 Å². The van der Waals surface area contributed by atoms with Crippen LogP contribution in [0.2, 0.25) is 0 Å². The van der Waals surface area contributed by atoms with Gasteiger partial charge in [-0.25, -0.2) is 4.79 Å². The van der Waals surface area contributed by atoms with Crippen molar-refractivity contribution < 1.29 is 9.90 Å². The maximum Gasteiger partial charge on any atom is 0.328 e. The minimum atomic E-state index is -0.870. The summed E-state index contributed by atoms with van der Waals surface area (Å²) in [4.78, 5) is 10.4. The Balaban J connectivity index is 4.06. The Hall–Kier alpha value is -1.05. The fourth-order valence-electron chi connectivity index (χ4n) is 1.40. The minimum absolute atomic E-state index is 0.870. The summed E-state index contributed by atoms with van der Waals surface area (Å²) in [5, 5.41) is 8.53. The van der Waals surface area contributed by atoms with Crippen molar-refractivity contribution in [2.24, 2.45) is 0 Å². The lowest BCUT2D eigenvalue weighted by molar-refractivity contribution is -0.131. The van der Waals surface area contributed by atoms with E-state index in [-0.39, 0.29) is 0 Å². The van der Waals surface area contributed by atoms with E-state index in [9.17, 15) is 4.79 Å². The lowest BCUT2D eigenvalue weighted by atomic mass is 10.1. The zero-order chi connectivity index (χ0) is 11.5. The molecule has 0 saturated heterocycles. The minimum Gasteiger partial charge on any atom is -0.478 e. The molecule has 0 aromatic heterocycles. The molecule has 0 radical (unpaired) electrons. The number of carbonyl (C=O) groups is 1. The van der Waals surface area contributed by atoms with Gasteiger partial charge in [-0.05, 0) is 19.3 Å². The van der Waals surface area contributed by atoms with Gasteiger partial charge in [-0.3, -0.25) is 0 Å². The summed E-state index contributed by atoms with van der Waals surface area (Å²) in [7, 11) is 0. The van der Waals surface area contributed by atoms with E-state index >= 15 is 0 Å². The monoisotopic (exact) mass is 210 g/mol. The van der Waals surface area contributed by atoms with Gasteiger partial charge >= 0.3 is 5.97 Å². The van der Waals surface area contributed by atoms with Gasteiger partial charge in [-0.15, -0.1) is 0 Å². The Bertz CT molecular complexity index is 227. The number of carboxylic acids is 1. The third-order valence-electron chi connectivity index (χ3n) is 2.19. The summed E-state index contributed by atoms with van der Waals surface area (Å²) < 4.78 is 0. The van der Waals surface area contributed by atoms with Crippen molar-refractivity contribution in [2.45, 2.75) is 52.4 Å². The van der Waals surface area contributed by atoms with Gasteiger partial charge in [0, 0.05) is 6.08 Å². The van der Waals surface area contributed by atoms with E-state index in [1.54, 1.807) is 6.08 Å². The maximum absolute atomic E-state index is 10.4. The molecule has 0 saturated carbocycles. The standard InChI is InChI=1S/C13H22O2/c1-3-5-6-7-9-12(8-4-2)10-11-13(14)15/h9-11H,3-8H2,1-2H3,(H,14,15). The van der Waals surface area contributed by atoms with Gasteiger partial charge in [0.2, 0.25) is 0 Å². The molecule has 0 aromatic carbocycles. The second kappa shape index (κ2) is 9.50. The Morgan fingerprint density at radius 1 is 1.13 bits per heavy atom. The van der Waals surface area contributed by atoms with Crippen LogP contribution in [0.4, 0.5) is 0 Å². The van der Waals surface area contributed by atoms with Gasteiger partial charge in [0.15, 0.2) is 0 Å². The van der Waals surface area contributed by atoms with Crippen LogP contribution in [0.1, 0.15) is 52.4 Å². The summed E-state index contributed by atoms with van der Waals surface area (Å²) in [6.07, 6.45) is 11.9. The second-order valence-corrected chi connectivity index (χ2v) is 3.70. The summed E-state index contributed by atoms with van der Waals surface area (Å²) in [5.41, 5.74) is 1.15. The predicted molar refractivity (Wildman–Crippen MR) is 63.9 cm³/mol. The van der Waals surface area contributed by atoms with Crippen molar-refractivity contribution in [1.82, 2.24) is 0 Å². The smallest absolute Gasteiger partial charge is 0.328 e. The summed E-state index contributed by atoms with van der Waals surface area (Å²) >= 11 is 0. The van der Waals surface area contributed by atoms with Gasteiger partial charge in [0.1, 0.15) is 0 Å². The molecule has 0 heterocycles. The van der Waals surface area contributed by atoms with Crippen molar-refractivity contribution in [1.29, 1.82) is 0 Å². The van der Waals surface area contributed by atoms with E-state index < -0.39 is 5.97 Å². The fourth-order valence-corrected chi connectivity index (χ4v) is 1.40. The molecule has 0 atom stereocenters. The number of rotatable bonds is 8. The van der Waals surface area contributed by atoms with Gasteiger partial charge in [0.25, 0.3) is 0 Å². The van der Waals surface area contributed by atoms with Crippen LogP contribution < -0.4 is 0 Å². The maximum atomic E-state index is 10.4. The van der Waals surface area contributed by atoms with E-state index in [1.807, 2.05) is 0 Å². The normalized spacial score (nSPS) is 12.3. The largest absolute Gasteiger partial charge is 0.478 e. The molecule has 0 bridgehead atoms. The first-order valence-corrected chi connectivity index (χ1v) is 5.80. The van der Waals surface area contributed by atoms with Crippen molar-refractivity contribution in [3.63, 3.8) is 0 Å². The molecule has 0 aliphatic heterocycles. The first-order valence-electron chi connectivity index (χ1n) is 5.80. The summed E-state index contributed by atoms with van der Waals surface area (Å²) in [6, 6.07) is 0. The summed E-state index contributed by atoms with van der Waals surface area (Å²) in [6.45, 7) is 4.29. The lowest BCUT2D eigenvalue weighted by Crippen LogP contribution is -1.87. The number of hydrogen-bond acceptors (Lipinski definition) is 1. The van der Waals surface area contributed by atoms with Crippen LogP contribution in [0.15, 0.2) is 23.8 Å².